The van der Waals surface area contributed by atoms with Crippen molar-refractivity contribution in [1.29, 1.82) is 0 Å². The van der Waals surface area contributed by atoms with Crippen LogP contribution in [0.5, 0.6) is 0 Å². The molecule has 0 radical (unpaired) electrons. The Labute approximate surface area is 101 Å². The van der Waals surface area contributed by atoms with Crippen LogP contribution in [0.3, 0.4) is 0 Å². The average Bonchev–Trinajstić information content (AvgIpc) is 2.24. The van der Waals surface area contributed by atoms with Gasteiger partial charge in [-0.1, -0.05) is 4.74 Å². The summed E-state index contributed by atoms with van der Waals surface area (Å²) in [6.07, 6.45) is 0. The zero-order chi connectivity index (χ0) is 13.8. The molecule has 0 unspecified atom stereocenters. The van der Waals surface area contributed by atoms with Crippen molar-refractivity contribution < 1.29 is 14.3 Å². The molecule has 0 aromatic carbocycles. The Morgan fingerprint density at radius 1 is 1.00 bits per heavy atom. The van der Waals surface area contributed by atoms with Crippen LogP contribution in [0.25, 0.3) is 0 Å². The summed E-state index contributed by atoms with van der Waals surface area (Å²) in [5.74, 6) is -0.368. The minimum atomic E-state index is -0.946. The van der Waals surface area contributed by atoms with Crippen molar-refractivity contribution in [2.45, 2.75) is 65.1 Å². The highest BCUT2D eigenvalue weighted by Crippen LogP contribution is 2.35. The van der Waals surface area contributed by atoms with E-state index >= 15 is 0 Å². The second kappa shape index (κ2) is 3.34. The summed E-state index contributed by atoms with van der Waals surface area (Å²) >= 11 is 0. The second-order valence-electron chi connectivity index (χ2n) is 6.47. The van der Waals surface area contributed by atoms with Crippen LogP contribution in [-0.4, -0.2) is 36.8 Å². The van der Waals surface area contributed by atoms with Gasteiger partial charge in [0.25, 0.3) is 11.1 Å². The molecule has 0 aliphatic carbocycles. The minimum Gasteiger partial charge on any atom is -0.614 e. The number of hydroxylamine groups is 1. The van der Waals surface area contributed by atoms with Gasteiger partial charge in [-0.05, 0) is 0 Å². The first-order valence-corrected chi connectivity index (χ1v) is 5.64. The third kappa shape index (κ3) is 1.66. The highest BCUT2D eigenvalue weighted by Gasteiger charge is 2.80. The Morgan fingerprint density at radius 3 is 1.53 bits per heavy atom. The van der Waals surface area contributed by atoms with Crippen LogP contribution in [0.15, 0.2) is 0 Å². The maximum absolute atomic E-state index is 12.1. The molecule has 1 saturated heterocycles. The van der Waals surface area contributed by atoms with Gasteiger partial charge in [0.05, 0.1) is 0 Å². The van der Waals surface area contributed by atoms with Gasteiger partial charge in [0.15, 0.2) is 15.1 Å². The highest BCUT2D eigenvalue weighted by atomic mass is 16.5. The standard InChI is InChI=1S/C11H21N3O3/c1-9(2,3)12(15)8-13(16)10(4,5)11(6,7)14(8)17/h1-7H3/q+2. The van der Waals surface area contributed by atoms with E-state index in [2.05, 4.69) is 0 Å². The number of nitrogens with zero attached hydrogens (tertiary/aromatic N) is 3. The number of rotatable bonds is 0. The predicted octanol–water partition coefficient (Wildman–Crippen LogP) is 1.78. The molecular weight excluding hydrogens is 222 g/mol. The van der Waals surface area contributed by atoms with Crippen LogP contribution < -0.4 is 0 Å². The van der Waals surface area contributed by atoms with Crippen LogP contribution >= 0.6 is 0 Å². The lowest BCUT2D eigenvalue weighted by Gasteiger charge is -2.13. The van der Waals surface area contributed by atoms with Crippen molar-refractivity contribution in [1.82, 2.24) is 0 Å². The smallest absolute Gasteiger partial charge is 0.614 e. The van der Waals surface area contributed by atoms with E-state index in [-0.39, 0.29) is 5.96 Å². The molecule has 6 nitrogen and oxygen atoms in total. The van der Waals surface area contributed by atoms with Crippen molar-refractivity contribution >= 4 is 5.96 Å². The molecule has 0 spiro atoms. The van der Waals surface area contributed by atoms with Gasteiger partial charge in [-0.3, -0.25) is 0 Å². The molecule has 1 rings (SSSR count). The molecular formula is C11H21N3O3+2. The molecule has 0 N–H and O–H groups in total. The van der Waals surface area contributed by atoms with E-state index in [1.165, 1.54) is 0 Å². The molecule has 1 fully saturated rings. The zero-order valence-corrected chi connectivity index (χ0v) is 11.6. The summed E-state index contributed by atoms with van der Waals surface area (Å²) in [7, 11) is 0. The van der Waals surface area contributed by atoms with E-state index in [1.54, 1.807) is 48.5 Å². The third-order valence-corrected chi connectivity index (χ3v) is 3.67. The van der Waals surface area contributed by atoms with Crippen molar-refractivity contribution in [3.63, 3.8) is 0 Å². The Hall–Kier alpha value is -1.33. The first-order chi connectivity index (χ1) is 7.35. The molecule has 0 amide bonds. The van der Waals surface area contributed by atoms with Gasteiger partial charge in [0, 0.05) is 58.3 Å². The molecule has 6 heteroatoms. The first-order valence-electron chi connectivity index (χ1n) is 5.64. The zero-order valence-electron chi connectivity index (χ0n) is 11.6. The monoisotopic (exact) mass is 243 g/mol. The summed E-state index contributed by atoms with van der Waals surface area (Å²) in [6.45, 7) is 11.6. The fraction of sp³-hybridized carbons (Fsp3) is 0.909. The largest absolute Gasteiger partial charge is 0.795 e. The van der Waals surface area contributed by atoms with Gasteiger partial charge in [0.2, 0.25) is 0 Å². The Morgan fingerprint density at radius 2 is 1.29 bits per heavy atom. The van der Waals surface area contributed by atoms with E-state index in [9.17, 15) is 15.0 Å². The molecule has 0 aromatic rings. The lowest BCUT2D eigenvalue weighted by atomic mass is 9.84. The van der Waals surface area contributed by atoms with Crippen LogP contribution in [0.4, 0.5) is 0 Å². The van der Waals surface area contributed by atoms with E-state index < -0.39 is 16.6 Å². The SMILES string of the molecule is CC(C)(C)[N+]([O-])=C1[N+](=O)C(C)(C)C(C)(C)[N+]1=O. The Balaban J connectivity index is 3.53. The molecule has 17 heavy (non-hydrogen) atoms. The van der Waals surface area contributed by atoms with E-state index in [0.29, 0.717) is 14.3 Å². The Bertz CT molecular complexity index is 400. The summed E-state index contributed by atoms with van der Waals surface area (Å²) in [5.41, 5.74) is -2.72. The summed E-state index contributed by atoms with van der Waals surface area (Å²) in [4.78, 5) is 24.3. The van der Waals surface area contributed by atoms with Crippen molar-refractivity contribution in [3.05, 3.63) is 15.0 Å². The molecule has 0 atom stereocenters. The summed E-state index contributed by atoms with van der Waals surface area (Å²) < 4.78 is 1.54. The lowest BCUT2D eigenvalue weighted by molar-refractivity contribution is -0.659. The maximum atomic E-state index is 12.1. The molecule has 1 aliphatic heterocycles. The average molecular weight is 243 g/mol. The lowest BCUT2D eigenvalue weighted by Crippen LogP contribution is -2.48. The molecule has 1 heterocycles. The first kappa shape index (κ1) is 13.7. The summed E-state index contributed by atoms with van der Waals surface area (Å²) in [5, 5.41) is 12.1. The van der Waals surface area contributed by atoms with Crippen LogP contribution in [0.1, 0.15) is 48.5 Å². The topological polar surface area (TPSA) is 66.2 Å². The van der Waals surface area contributed by atoms with Crippen LogP contribution in [0, 0.1) is 15.0 Å². The molecule has 0 aromatic heterocycles. The van der Waals surface area contributed by atoms with Gasteiger partial charge in [-0.2, -0.15) is 0 Å². The number of guanidine groups is 1. The van der Waals surface area contributed by atoms with E-state index in [1.807, 2.05) is 0 Å². The number of hydrogen-bond acceptors (Lipinski definition) is 3. The van der Waals surface area contributed by atoms with Crippen molar-refractivity contribution in [3.8, 4) is 0 Å². The van der Waals surface area contributed by atoms with Gasteiger partial charge >= 0.3 is 5.96 Å². The van der Waals surface area contributed by atoms with Gasteiger partial charge in [0.1, 0.15) is 0 Å². The highest BCUT2D eigenvalue weighted by molar-refractivity contribution is 5.59. The van der Waals surface area contributed by atoms with Crippen LogP contribution in [0.2, 0.25) is 0 Å². The fourth-order valence-corrected chi connectivity index (χ4v) is 1.54. The predicted molar refractivity (Wildman–Crippen MR) is 63.8 cm³/mol. The molecule has 96 valence electrons. The van der Waals surface area contributed by atoms with Gasteiger partial charge in [-0.15, -0.1) is 0 Å². The molecule has 0 saturated carbocycles. The fourth-order valence-electron chi connectivity index (χ4n) is 1.54. The second-order valence-corrected chi connectivity index (χ2v) is 6.47. The summed E-state index contributed by atoms with van der Waals surface area (Å²) in [6, 6.07) is 0. The molecule has 1 aliphatic rings. The quantitative estimate of drug-likeness (QED) is 0.370. The molecule has 0 bridgehead atoms. The minimum absolute atomic E-state index is 0.368. The van der Waals surface area contributed by atoms with E-state index in [0.717, 1.165) is 0 Å². The Kier molecular flexibility index (Phi) is 2.69. The third-order valence-electron chi connectivity index (χ3n) is 3.67. The normalized spacial score (nSPS) is 23.1. The van der Waals surface area contributed by atoms with Gasteiger partial charge in [-0.25, -0.2) is 0 Å². The maximum Gasteiger partial charge on any atom is 0.795 e. The van der Waals surface area contributed by atoms with Crippen molar-refractivity contribution in [2.75, 3.05) is 0 Å². The van der Waals surface area contributed by atoms with Crippen LogP contribution in [-0.2, 0) is 0 Å². The van der Waals surface area contributed by atoms with E-state index in [4.69, 9.17) is 0 Å². The number of nitroso groups, excluding NO2 is 2. The van der Waals surface area contributed by atoms with Crippen molar-refractivity contribution in [2.24, 2.45) is 0 Å². The number of hydrogen-bond donors (Lipinski definition) is 0. The van der Waals surface area contributed by atoms with Gasteiger partial charge < -0.3 is 5.21 Å².